The Morgan fingerprint density at radius 2 is 1.19 bits per heavy atom. The van der Waals surface area contributed by atoms with E-state index in [1.54, 1.807) is 12.1 Å². The molecule has 2 atom stereocenters. The number of aromatic nitrogens is 8. The van der Waals surface area contributed by atoms with Crippen LogP contribution in [-0.2, 0) is 62.3 Å². The summed E-state index contributed by atoms with van der Waals surface area (Å²) in [6, 6.07) is 3.43. The van der Waals surface area contributed by atoms with Gasteiger partial charge in [0.05, 0.1) is 68.4 Å². The number of carbonyl (C=O) groups is 2. The van der Waals surface area contributed by atoms with E-state index in [-0.39, 0.29) is 32.3 Å². The van der Waals surface area contributed by atoms with Gasteiger partial charge in [-0.1, -0.05) is 7.43 Å². The monoisotopic (exact) mass is 788 g/mol. The van der Waals surface area contributed by atoms with Crippen molar-refractivity contribution in [3.63, 3.8) is 0 Å². The number of amides is 2. The van der Waals surface area contributed by atoms with Gasteiger partial charge in [-0.05, 0) is 25.0 Å². The lowest BCUT2D eigenvalue weighted by atomic mass is 10.0. The summed E-state index contributed by atoms with van der Waals surface area (Å²) in [7, 11) is 3.99. The van der Waals surface area contributed by atoms with E-state index in [0.717, 1.165) is 101 Å². The molecule has 18 heteroatoms. The first-order chi connectivity index (χ1) is 27.2. The van der Waals surface area contributed by atoms with Crippen molar-refractivity contribution in [2.24, 2.45) is 25.9 Å². The molecule has 0 spiro atoms. The molecule has 0 radical (unpaired) electrons. The largest absolute Gasteiger partial charge is 0.390 e. The fourth-order valence-corrected chi connectivity index (χ4v) is 7.28. The Kier molecular flexibility index (Phi) is 14.4. The van der Waals surface area contributed by atoms with Crippen LogP contribution in [0.5, 0.6) is 0 Å². The Hall–Kier alpha value is -4.72. The summed E-state index contributed by atoms with van der Waals surface area (Å²) in [4.78, 5) is 54.5. The zero-order chi connectivity index (χ0) is 39.0. The fourth-order valence-electron chi connectivity index (χ4n) is 7.28. The van der Waals surface area contributed by atoms with Gasteiger partial charge in [-0.2, -0.15) is 0 Å². The SMILES string of the molecule is C.Cn1cnc2c1CCN(C[C@@H](O)CNC(=O)c1cc(CC3COC3)ncn1)C2.Cn1cnc2c1CN(C[C@@H](O)CNC(=O)c1cc(CC3COC3)ncn1)CC2. The fraction of sp³-hybridized carbons (Fsp3) is 0.590. The number of hydrogen-bond acceptors (Lipinski definition) is 14. The van der Waals surface area contributed by atoms with E-state index >= 15 is 0 Å². The Morgan fingerprint density at radius 3 is 1.72 bits per heavy atom. The maximum Gasteiger partial charge on any atom is 0.270 e. The third-order valence-electron chi connectivity index (χ3n) is 10.6. The van der Waals surface area contributed by atoms with Crippen molar-refractivity contribution >= 4 is 11.8 Å². The molecular formula is C39H56N12O6. The number of rotatable bonds is 14. The minimum atomic E-state index is -0.650. The Bertz CT molecular complexity index is 1950. The number of carbonyl (C=O) groups excluding carboxylic acids is 2. The summed E-state index contributed by atoms with van der Waals surface area (Å²) in [5.74, 6) is 0.354. The summed E-state index contributed by atoms with van der Waals surface area (Å²) in [6.45, 7) is 7.55. The standard InChI is InChI=1S/2C19H26N6O3.CH4/c1-24-12-23-17-8-25(3-2-18(17)24)7-15(26)6-20-19(27)16-5-14(21-11-22-16)4-13-9-28-10-13;1-24-12-23-16-2-3-25(8-18(16)24)7-15(26)6-20-19(27)17-5-14(21-11-22-17)4-13-9-28-10-13;/h2*5,11-13,15,26H,2-4,6-10H2,1H3,(H,20,27);1H4/t2*15-;/m00./s1. The first-order valence-electron chi connectivity index (χ1n) is 19.3. The van der Waals surface area contributed by atoms with Crippen LogP contribution in [0, 0.1) is 11.8 Å². The number of aryl methyl sites for hydroxylation is 2. The van der Waals surface area contributed by atoms with E-state index in [0.29, 0.717) is 36.3 Å². The van der Waals surface area contributed by atoms with Crippen molar-refractivity contribution in [2.75, 3.05) is 65.7 Å². The van der Waals surface area contributed by atoms with Crippen molar-refractivity contribution in [1.82, 2.24) is 59.5 Å². The molecule has 0 aromatic carbocycles. The Morgan fingerprint density at radius 1 is 0.702 bits per heavy atom. The van der Waals surface area contributed by atoms with Gasteiger partial charge >= 0.3 is 0 Å². The first kappa shape index (κ1) is 41.9. The number of fused-ring (bicyclic) bond motifs is 2. The zero-order valence-corrected chi connectivity index (χ0v) is 32.1. The van der Waals surface area contributed by atoms with Crippen LogP contribution in [0.15, 0.2) is 37.4 Å². The molecule has 2 amide bonds. The predicted molar refractivity (Wildman–Crippen MR) is 208 cm³/mol. The van der Waals surface area contributed by atoms with Crippen LogP contribution >= 0.6 is 0 Å². The van der Waals surface area contributed by atoms with E-state index < -0.39 is 12.2 Å². The van der Waals surface area contributed by atoms with Crippen LogP contribution in [0.4, 0.5) is 0 Å². The molecule has 0 bridgehead atoms. The Labute approximate surface area is 333 Å². The number of nitrogens with one attached hydrogen (secondary N) is 2. The van der Waals surface area contributed by atoms with Crippen molar-refractivity contribution in [1.29, 1.82) is 0 Å². The van der Waals surface area contributed by atoms with Gasteiger partial charge in [-0.25, -0.2) is 29.9 Å². The molecule has 2 saturated heterocycles. The predicted octanol–water partition coefficient (Wildman–Crippen LogP) is -0.268. The number of aliphatic hydroxyl groups excluding tert-OH is 2. The van der Waals surface area contributed by atoms with Gasteiger partial charge in [0.1, 0.15) is 24.0 Å². The van der Waals surface area contributed by atoms with E-state index in [2.05, 4.69) is 54.9 Å². The maximum atomic E-state index is 12.4. The quantitative estimate of drug-likeness (QED) is 0.130. The molecule has 0 saturated carbocycles. The van der Waals surface area contributed by atoms with E-state index in [9.17, 15) is 19.8 Å². The third-order valence-corrected chi connectivity index (χ3v) is 10.6. The van der Waals surface area contributed by atoms with Crippen LogP contribution in [0.3, 0.4) is 0 Å². The van der Waals surface area contributed by atoms with Crippen LogP contribution in [0.25, 0.3) is 0 Å². The van der Waals surface area contributed by atoms with Gasteiger partial charge in [-0.15, -0.1) is 0 Å². The number of β-amino-alcohol motifs (C(OH)–C–C–N with tert-alkyl or cyclic N) is 2. The smallest absolute Gasteiger partial charge is 0.270 e. The molecule has 2 fully saturated rings. The van der Waals surface area contributed by atoms with Crippen LogP contribution in [-0.4, -0.2) is 149 Å². The molecule has 4 N–H and O–H groups in total. The van der Waals surface area contributed by atoms with Crippen LogP contribution in [0.2, 0.25) is 0 Å². The highest BCUT2D eigenvalue weighted by Crippen LogP contribution is 2.19. The lowest BCUT2D eigenvalue weighted by Gasteiger charge is -2.28. The lowest BCUT2D eigenvalue weighted by Crippen LogP contribution is -2.42. The van der Waals surface area contributed by atoms with Gasteiger partial charge in [0, 0.05) is 108 Å². The molecule has 18 nitrogen and oxygen atoms in total. The normalized spacial score (nSPS) is 18.0. The van der Waals surface area contributed by atoms with Crippen molar-refractivity contribution in [2.45, 2.75) is 58.4 Å². The van der Waals surface area contributed by atoms with Crippen LogP contribution in [0.1, 0.15) is 62.6 Å². The molecule has 57 heavy (non-hydrogen) atoms. The topological polar surface area (TPSA) is 211 Å². The maximum absolute atomic E-state index is 12.4. The van der Waals surface area contributed by atoms with Crippen molar-refractivity contribution < 1.29 is 29.3 Å². The highest BCUT2D eigenvalue weighted by atomic mass is 16.5. The number of imidazole rings is 2. The average molecular weight is 789 g/mol. The van der Waals surface area contributed by atoms with Gasteiger partial charge in [0.15, 0.2) is 0 Å². The molecule has 4 aromatic rings. The van der Waals surface area contributed by atoms with Gasteiger partial charge in [-0.3, -0.25) is 19.4 Å². The Balaban J connectivity index is 0.000000189. The van der Waals surface area contributed by atoms with Gasteiger partial charge in [0.2, 0.25) is 0 Å². The molecule has 0 unspecified atom stereocenters. The van der Waals surface area contributed by atoms with Crippen LogP contribution < -0.4 is 10.6 Å². The van der Waals surface area contributed by atoms with Gasteiger partial charge < -0.3 is 39.5 Å². The summed E-state index contributed by atoms with van der Waals surface area (Å²) in [5.41, 5.74) is 6.98. The highest BCUT2D eigenvalue weighted by Gasteiger charge is 2.25. The lowest BCUT2D eigenvalue weighted by molar-refractivity contribution is -0.0316. The van der Waals surface area contributed by atoms with E-state index in [1.165, 1.54) is 24.0 Å². The second-order valence-corrected chi connectivity index (χ2v) is 15.2. The molecule has 8 rings (SSSR count). The van der Waals surface area contributed by atoms with Crippen molar-refractivity contribution in [3.05, 3.63) is 83.0 Å². The molecule has 0 aliphatic carbocycles. The summed E-state index contributed by atoms with van der Waals surface area (Å²) in [6.07, 6.45) is 8.57. The second kappa shape index (κ2) is 19.6. The molecule has 8 heterocycles. The number of hydrogen-bond donors (Lipinski definition) is 4. The second-order valence-electron chi connectivity index (χ2n) is 15.2. The third kappa shape index (κ3) is 11.2. The zero-order valence-electron chi connectivity index (χ0n) is 32.1. The number of nitrogens with zero attached hydrogens (tertiary/aromatic N) is 10. The number of aliphatic hydroxyl groups is 2. The minimum absolute atomic E-state index is 0. The van der Waals surface area contributed by atoms with Gasteiger partial charge in [0.25, 0.3) is 11.8 Å². The average Bonchev–Trinajstić information content (AvgIpc) is 3.73. The summed E-state index contributed by atoms with van der Waals surface area (Å²) in [5, 5.41) is 26.2. The van der Waals surface area contributed by atoms with E-state index in [4.69, 9.17) is 9.47 Å². The van der Waals surface area contributed by atoms with E-state index in [1.807, 2.05) is 31.3 Å². The summed E-state index contributed by atoms with van der Waals surface area (Å²) >= 11 is 0. The van der Waals surface area contributed by atoms with Crippen molar-refractivity contribution in [3.8, 4) is 0 Å². The first-order valence-corrected chi connectivity index (χ1v) is 19.3. The molecule has 4 aromatic heterocycles. The minimum Gasteiger partial charge on any atom is -0.390 e. The molecule has 4 aliphatic rings. The summed E-state index contributed by atoms with van der Waals surface area (Å²) < 4.78 is 14.4. The molecule has 4 aliphatic heterocycles. The molecular weight excluding hydrogens is 733 g/mol. The number of ether oxygens (including phenoxy) is 2. The highest BCUT2D eigenvalue weighted by molar-refractivity contribution is 5.92. The molecule has 308 valence electrons.